The Bertz CT molecular complexity index is 1310. The summed E-state index contributed by atoms with van der Waals surface area (Å²) in [7, 11) is 3.86. The number of hydrogen-bond donors (Lipinski definition) is 2. The van der Waals surface area contributed by atoms with Crippen molar-refractivity contribution in [3.8, 4) is 0 Å². The van der Waals surface area contributed by atoms with Gasteiger partial charge in [0, 0.05) is 44.5 Å². The fourth-order valence-electron chi connectivity index (χ4n) is 4.40. The monoisotopic (exact) mass is 483 g/mol. The van der Waals surface area contributed by atoms with Crippen molar-refractivity contribution in [2.45, 2.75) is 25.8 Å². The molecule has 0 saturated carbocycles. The zero-order valence-corrected chi connectivity index (χ0v) is 20.6. The maximum absolute atomic E-state index is 13.5. The number of rotatable bonds is 8. The summed E-state index contributed by atoms with van der Waals surface area (Å²) in [5.74, 6) is -1.72. The first-order chi connectivity index (χ1) is 17.3. The molecule has 1 heterocycles. The third-order valence-corrected chi connectivity index (χ3v) is 6.16. The molecule has 1 aliphatic rings. The van der Waals surface area contributed by atoms with Crippen LogP contribution in [0, 0.1) is 0 Å². The molecule has 2 amide bonds. The van der Waals surface area contributed by atoms with E-state index in [0.29, 0.717) is 23.4 Å². The van der Waals surface area contributed by atoms with E-state index in [1.165, 1.54) is 11.8 Å². The number of carbonyl (C=O) groups excluding carboxylic acids is 3. The predicted octanol–water partition coefficient (Wildman–Crippen LogP) is 4.81. The Kier molecular flexibility index (Phi) is 7.20. The Morgan fingerprint density at radius 1 is 0.972 bits per heavy atom. The zero-order chi connectivity index (χ0) is 25.8. The van der Waals surface area contributed by atoms with Crippen molar-refractivity contribution >= 4 is 34.7 Å². The molecule has 184 valence electrons. The van der Waals surface area contributed by atoms with Crippen molar-refractivity contribution in [3.63, 3.8) is 0 Å². The Hall–Kier alpha value is -4.39. The minimum atomic E-state index is -0.801. The fraction of sp³-hybridized carbons (Fsp3) is 0.207. The number of aryl methyl sites for hydroxylation is 1. The summed E-state index contributed by atoms with van der Waals surface area (Å²) in [6.07, 6.45) is 0.650. The summed E-state index contributed by atoms with van der Waals surface area (Å²) >= 11 is 0. The van der Waals surface area contributed by atoms with Gasteiger partial charge < -0.3 is 15.3 Å². The zero-order valence-electron chi connectivity index (χ0n) is 20.6. The van der Waals surface area contributed by atoms with Crippen LogP contribution in [-0.4, -0.2) is 36.8 Å². The molecule has 0 spiro atoms. The van der Waals surface area contributed by atoms with E-state index in [1.54, 1.807) is 24.3 Å². The fourth-order valence-corrected chi connectivity index (χ4v) is 4.40. The standard InChI is InChI=1S/C29H29N3O4/c1-19(33)30-22-10-7-11-24(18-22)32-27(21-13-15-23(16-14-21)31(2)3)26(28(35)29(32)36)25(34)17-12-20-8-5-4-6-9-20/h4-11,13-16,18,27,35H,12,17H2,1-3H3,(H,30,33). The normalized spacial score (nSPS) is 15.2. The molecule has 0 aliphatic carbocycles. The minimum absolute atomic E-state index is 0.0819. The van der Waals surface area contributed by atoms with Crippen molar-refractivity contribution in [3.05, 3.63) is 101 Å². The second kappa shape index (κ2) is 10.5. The van der Waals surface area contributed by atoms with Gasteiger partial charge in [0.1, 0.15) is 0 Å². The van der Waals surface area contributed by atoms with Crippen molar-refractivity contribution < 1.29 is 19.5 Å². The van der Waals surface area contributed by atoms with Gasteiger partial charge in [0.25, 0.3) is 5.91 Å². The largest absolute Gasteiger partial charge is 0.503 e. The summed E-state index contributed by atoms with van der Waals surface area (Å²) in [6, 6.07) is 23.2. The number of Topliss-reactive ketones (excluding diaryl/α,β-unsaturated/α-hetero) is 1. The predicted molar refractivity (Wildman–Crippen MR) is 141 cm³/mol. The summed E-state index contributed by atoms with van der Waals surface area (Å²) in [5.41, 5.74) is 3.72. The van der Waals surface area contributed by atoms with Gasteiger partial charge in [0.05, 0.1) is 11.6 Å². The quantitative estimate of drug-likeness (QED) is 0.480. The Morgan fingerprint density at radius 3 is 2.31 bits per heavy atom. The summed E-state index contributed by atoms with van der Waals surface area (Å²) in [5, 5.41) is 13.7. The Balaban J connectivity index is 1.74. The van der Waals surface area contributed by atoms with Crippen molar-refractivity contribution in [1.29, 1.82) is 0 Å². The van der Waals surface area contributed by atoms with Gasteiger partial charge in [-0.2, -0.15) is 0 Å². The van der Waals surface area contributed by atoms with E-state index in [9.17, 15) is 19.5 Å². The lowest BCUT2D eigenvalue weighted by atomic mass is 9.93. The van der Waals surface area contributed by atoms with E-state index in [-0.39, 0.29) is 23.7 Å². The van der Waals surface area contributed by atoms with Crippen LogP contribution < -0.4 is 15.1 Å². The number of amides is 2. The van der Waals surface area contributed by atoms with Crippen LogP contribution in [0.3, 0.4) is 0 Å². The van der Waals surface area contributed by atoms with E-state index in [4.69, 9.17) is 0 Å². The molecule has 0 aromatic heterocycles. The molecule has 0 fully saturated rings. The molecule has 3 aromatic rings. The molecule has 0 bridgehead atoms. The minimum Gasteiger partial charge on any atom is -0.503 e. The van der Waals surface area contributed by atoms with Crippen LogP contribution in [0.2, 0.25) is 0 Å². The van der Waals surface area contributed by atoms with E-state index in [2.05, 4.69) is 5.32 Å². The van der Waals surface area contributed by atoms with Gasteiger partial charge in [0.15, 0.2) is 11.5 Å². The van der Waals surface area contributed by atoms with Gasteiger partial charge in [0.2, 0.25) is 5.91 Å². The van der Waals surface area contributed by atoms with Gasteiger partial charge in [-0.05, 0) is 47.9 Å². The first-order valence-corrected chi connectivity index (χ1v) is 11.7. The van der Waals surface area contributed by atoms with Crippen LogP contribution in [-0.2, 0) is 20.8 Å². The van der Waals surface area contributed by atoms with E-state index < -0.39 is 17.7 Å². The number of carbonyl (C=O) groups is 3. The molecule has 0 radical (unpaired) electrons. The summed E-state index contributed by atoms with van der Waals surface area (Å²) < 4.78 is 0. The lowest BCUT2D eigenvalue weighted by molar-refractivity contribution is -0.118. The highest BCUT2D eigenvalue weighted by molar-refractivity contribution is 6.16. The maximum Gasteiger partial charge on any atom is 0.294 e. The number of aliphatic hydroxyl groups excluding tert-OH is 1. The maximum atomic E-state index is 13.5. The first-order valence-electron chi connectivity index (χ1n) is 11.7. The molecule has 1 atom stereocenters. The summed E-state index contributed by atoms with van der Waals surface area (Å²) in [6.45, 7) is 1.40. The number of ketones is 1. The van der Waals surface area contributed by atoms with Gasteiger partial charge in [-0.25, -0.2) is 0 Å². The van der Waals surface area contributed by atoms with Gasteiger partial charge in [-0.3, -0.25) is 19.3 Å². The van der Waals surface area contributed by atoms with Crippen LogP contribution in [0.1, 0.15) is 30.5 Å². The molecule has 3 aromatic carbocycles. The van der Waals surface area contributed by atoms with Crippen molar-refractivity contribution in [1.82, 2.24) is 0 Å². The molecule has 1 aliphatic heterocycles. The molecule has 1 unspecified atom stereocenters. The van der Waals surface area contributed by atoms with Gasteiger partial charge >= 0.3 is 0 Å². The molecule has 7 nitrogen and oxygen atoms in total. The average molecular weight is 484 g/mol. The van der Waals surface area contributed by atoms with E-state index in [0.717, 1.165) is 11.3 Å². The molecule has 4 rings (SSSR count). The van der Waals surface area contributed by atoms with Crippen LogP contribution in [0.4, 0.5) is 17.1 Å². The van der Waals surface area contributed by atoms with Crippen LogP contribution >= 0.6 is 0 Å². The van der Waals surface area contributed by atoms with Crippen molar-refractivity contribution in [2.75, 3.05) is 29.2 Å². The summed E-state index contributed by atoms with van der Waals surface area (Å²) in [4.78, 5) is 41.8. The third kappa shape index (κ3) is 5.15. The number of nitrogens with zero attached hydrogens (tertiary/aromatic N) is 2. The van der Waals surface area contributed by atoms with Gasteiger partial charge in [-0.15, -0.1) is 0 Å². The van der Waals surface area contributed by atoms with Crippen molar-refractivity contribution in [2.24, 2.45) is 0 Å². The molecule has 36 heavy (non-hydrogen) atoms. The average Bonchev–Trinajstić information content (AvgIpc) is 3.13. The number of hydrogen-bond acceptors (Lipinski definition) is 5. The second-order valence-corrected chi connectivity index (χ2v) is 8.97. The molecular weight excluding hydrogens is 454 g/mol. The number of benzene rings is 3. The van der Waals surface area contributed by atoms with E-state index in [1.807, 2.05) is 73.6 Å². The number of nitrogens with one attached hydrogen (secondary N) is 1. The first kappa shape index (κ1) is 24.7. The number of anilines is 3. The topological polar surface area (TPSA) is 90.0 Å². The number of aliphatic hydroxyl groups is 1. The van der Waals surface area contributed by atoms with E-state index >= 15 is 0 Å². The highest BCUT2D eigenvalue weighted by Crippen LogP contribution is 2.42. The van der Waals surface area contributed by atoms with Crippen LogP contribution in [0.15, 0.2) is 90.2 Å². The highest BCUT2D eigenvalue weighted by atomic mass is 16.3. The molecule has 7 heteroatoms. The molecule has 2 N–H and O–H groups in total. The van der Waals surface area contributed by atoms with Crippen LogP contribution in [0.5, 0.6) is 0 Å². The smallest absolute Gasteiger partial charge is 0.294 e. The highest BCUT2D eigenvalue weighted by Gasteiger charge is 2.44. The third-order valence-electron chi connectivity index (χ3n) is 6.16. The van der Waals surface area contributed by atoms with Gasteiger partial charge in [-0.1, -0.05) is 48.5 Å². The Labute approximate surface area is 210 Å². The lowest BCUT2D eigenvalue weighted by Crippen LogP contribution is -2.31. The second-order valence-electron chi connectivity index (χ2n) is 8.97. The lowest BCUT2D eigenvalue weighted by Gasteiger charge is -2.28. The Morgan fingerprint density at radius 2 is 1.67 bits per heavy atom. The SMILES string of the molecule is CC(=O)Nc1cccc(N2C(=O)C(O)=C(C(=O)CCc3ccccc3)C2c2ccc(N(C)C)cc2)c1. The molecular formula is C29H29N3O4. The molecule has 0 saturated heterocycles. The van der Waals surface area contributed by atoms with Crippen LogP contribution in [0.25, 0.3) is 0 Å².